The molecule has 4 heteroatoms. The standard InChI is InChI=1S/C35H48N2O2/c1-8-11-25-37(26-12-9-2)34-23-17-30(18-24-34)13-19-31(10-3)35(39-7)27-32(28(4)38-6)20-14-29-15-21-33(36-5)22-16-29/h13-24,27,36H,4,8-12,25-26H2,1-3,5-7H3/b19-13+,20-14+,32-27-,35-31-. The van der Waals surface area contributed by atoms with Gasteiger partial charge < -0.3 is 19.7 Å². The van der Waals surface area contributed by atoms with E-state index < -0.39 is 0 Å². The SMILES string of the molecule is C=C(OC)C(=C\C(OC)=C(\C=C\c1ccc(N(CCCC)CCCC)cc1)CC)/C=C/c1ccc(NC)cc1. The number of rotatable bonds is 17. The van der Waals surface area contributed by atoms with Gasteiger partial charge >= 0.3 is 0 Å². The third-order valence-electron chi connectivity index (χ3n) is 6.73. The van der Waals surface area contributed by atoms with Crippen LogP contribution in [0.2, 0.25) is 0 Å². The fourth-order valence-corrected chi connectivity index (χ4v) is 4.15. The normalized spacial score (nSPS) is 12.5. The minimum absolute atomic E-state index is 0.582. The van der Waals surface area contributed by atoms with Crippen molar-refractivity contribution in [2.24, 2.45) is 0 Å². The average molecular weight is 529 g/mol. The van der Waals surface area contributed by atoms with Crippen molar-refractivity contribution in [1.29, 1.82) is 0 Å². The smallest absolute Gasteiger partial charge is 0.122 e. The van der Waals surface area contributed by atoms with E-state index >= 15 is 0 Å². The summed E-state index contributed by atoms with van der Waals surface area (Å²) in [5.74, 6) is 1.37. The second kappa shape index (κ2) is 17.8. The molecular weight excluding hydrogens is 480 g/mol. The second-order valence-electron chi connectivity index (χ2n) is 9.50. The van der Waals surface area contributed by atoms with Gasteiger partial charge in [0.25, 0.3) is 0 Å². The van der Waals surface area contributed by atoms with E-state index in [0.717, 1.165) is 47.7 Å². The van der Waals surface area contributed by atoms with E-state index in [1.54, 1.807) is 14.2 Å². The average Bonchev–Trinajstić information content (AvgIpc) is 2.98. The molecule has 0 saturated heterocycles. The van der Waals surface area contributed by atoms with E-state index in [9.17, 15) is 0 Å². The van der Waals surface area contributed by atoms with Crippen LogP contribution < -0.4 is 10.2 Å². The molecule has 4 nitrogen and oxygen atoms in total. The quantitative estimate of drug-likeness (QED) is 0.164. The van der Waals surface area contributed by atoms with Gasteiger partial charge in [0.1, 0.15) is 11.5 Å². The number of methoxy groups -OCH3 is 2. The van der Waals surface area contributed by atoms with Crippen molar-refractivity contribution in [2.45, 2.75) is 52.9 Å². The van der Waals surface area contributed by atoms with Gasteiger partial charge in [0.05, 0.1) is 14.2 Å². The summed E-state index contributed by atoms with van der Waals surface area (Å²) >= 11 is 0. The van der Waals surface area contributed by atoms with Crippen LogP contribution in [0.4, 0.5) is 11.4 Å². The minimum Gasteiger partial charge on any atom is -0.497 e. The van der Waals surface area contributed by atoms with Crippen LogP contribution in [0.1, 0.15) is 64.0 Å². The van der Waals surface area contributed by atoms with Gasteiger partial charge in [-0.1, -0.05) is 88.8 Å². The molecule has 0 aliphatic heterocycles. The first-order valence-corrected chi connectivity index (χ1v) is 14.2. The Kier molecular flexibility index (Phi) is 14.4. The first-order valence-electron chi connectivity index (χ1n) is 14.2. The summed E-state index contributed by atoms with van der Waals surface area (Å²) in [4.78, 5) is 2.51. The lowest BCUT2D eigenvalue weighted by atomic mass is 10.1. The maximum Gasteiger partial charge on any atom is 0.122 e. The van der Waals surface area contributed by atoms with Gasteiger partial charge in [0.2, 0.25) is 0 Å². The molecule has 39 heavy (non-hydrogen) atoms. The van der Waals surface area contributed by atoms with Gasteiger partial charge in [-0.05, 0) is 66.3 Å². The number of nitrogens with zero attached hydrogens (tertiary/aromatic N) is 1. The van der Waals surface area contributed by atoms with Gasteiger partial charge in [-0.25, -0.2) is 0 Å². The van der Waals surface area contributed by atoms with E-state index in [0.29, 0.717) is 5.76 Å². The minimum atomic E-state index is 0.582. The van der Waals surface area contributed by atoms with Crippen LogP contribution in [0.15, 0.2) is 96.0 Å². The van der Waals surface area contributed by atoms with Crippen molar-refractivity contribution in [3.63, 3.8) is 0 Å². The Bertz CT molecular complexity index is 1110. The fraction of sp³-hybridized carbons (Fsp3) is 0.371. The Hall–Kier alpha value is -3.66. The number of allylic oxidation sites excluding steroid dienone is 4. The molecule has 0 radical (unpaired) electrons. The number of hydrogen-bond acceptors (Lipinski definition) is 4. The van der Waals surface area contributed by atoms with Crippen molar-refractivity contribution in [2.75, 3.05) is 44.6 Å². The van der Waals surface area contributed by atoms with E-state index in [1.807, 2.05) is 19.2 Å². The molecule has 210 valence electrons. The highest BCUT2D eigenvalue weighted by molar-refractivity contribution is 5.61. The lowest BCUT2D eigenvalue weighted by molar-refractivity contribution is 0.295. The summed E-state index contributed by atoms with van der Waals surface area (Å²) in [6.45, 7) is 13.0. The number of unbranched alkanes of at least 4 members (excludes halogenated alkanes) is 2. The molecule has 0 aromatic heterocycles. The zero-order valence-corrected chi connectivity index (χ0v) is 24.9. The summed E-state index contributed by atoms with van der Waals surface area (Å²) < 4.78 is 11.3. The predicted molar refractivity (Wildman–Crippen MR) is 171 cm³/mol. The highest BCUT2D eigenvalue weighted by Gasteiger charge is 2.07. The first-order chi connectivity index (χ1) is 19.0. The molecule has 2 rings (SSSR count). The second-order valence-corrected chi connectivity index (χ2v) is 9.50. The molecule has 0 heterocycles. The number of ether oxygens (including phenoxy) is 2. The van der Waals surface area contributed by atoms with E-state index in [1.165, 1.54) is 36.9 Å². The van der Waals surface area contributed by atoms with E-state index in [4.69, 9.17) is 9.47 Å². The molecule has 0 aliphatic carbocycles. The number of hydrogen-bond donors (Lipinski definition) is 1. The molecule has 0 aliphatic rings. The van der Waals surface area contributed by atoms with Gasteiger partial charge in [-0.3, -0.25) is 0 Å². The zero-order valence-electron chi connectivity index (χ0n) is 24.9. The summed E-state index contributed by atoms with van der Waals surface area (Å²) in [7, 11) is 5.26. The zero-order chi connectivity index (χ0) is 28.5. The van der Waals surface area contributed by atoms with Crippen LogP contribution in [0.5, 0.6) is 0 Å². The first kappa shape index (κ1) is 31.6. The Morgan fingerprint density at radius 2 is 1.38 bits per heavy atom. The number of anilines is 2. The summed E-state index contributed by atoms with van der Waals surface area (Å²) in [5.41, 5.74) is 6.59. The number of nitrogens with one attached hydrogen (secondary N) is 1. The van der Waals surface area contributed by atoms with Gasteiger partial charge in [0, 0.05) is 37.1 Å². The topological polar surface area (TPSA) is 33.7 Å². The number of benzene rings is 2. The molecule has 0 amide bonds. The summed E-state index contributed by atoms with van der Waals surface area (Å²) in [6.07, 6.45) is 16.1. The molecular formula is C35H48N2O2. The largest absolute Gasteiger partial charge is 0.497 e. The van der Waals surface area contributed by atoms with Crippen molar-refractivity contribution < 1.29 is 9.47 Å². The molecule has 2 aromatic carbocycles. The van der Waals surface area contributed by atoms with Crippen LogP contribution >= 0.6 is 0 Å². The van der Waals surface area contributed by atoms with Crippen molar-refractivity contribution >= 4 is 23.5 Å². The van der Waals surface area contributed by atoms with Crippen LogP contribution in [-0.4, -0.2) is 34.4 Å². The molecule has 0 unspecified atom stereocenters. The van der Waals surface area contributed by atoms with Crippen LogP contribution in [0.3, 0.4) is 0 Å². The Morgan fingerprint density at radius 1 is 0.821 bits per heavy atom. The predicted octanol–water partition coefficient (Wildman–Crippen LogP) is 9.26. The van der Waals surface area contributed by atoms with Gasteiger partial charge in [0.15, 0.2) is 0 Å². The van der Waals surface area contributed by atoms with Crippen molar-refractivity contribution in [3.8, 4) is 0 Å². The molecule has 0 fully saturated rings. The van der Waals surface area contributed by atoms with Crippen LogP contribution in [-0.2, 0) is 9.47 Å². The molecule has 0 atom stereocenters. The monoisotopic (exact) mass is 528 g/mol. The van der Waals surface area contributed by atoms with E-state index in [2.05, 4.69) is 104 Å². The van der Waals surface area contributed by atoms with Crippen LogP contribution in [0, 0.1) is 0 Å². The highest BCUT2D eigenvalue weighted by Crippen LogP contribution is 2.22. The molecule has 0 bridgehead atoms. The maximum atomic E-state index is 5.83. The van der Waals surface area contributed by atoms with Crippen molar-refractivity contribution in [1.82, 2.24) is 0 Å². The van der Waals surface area contributed by atoms with Crippen LogP contribution in [0.25, 0.3) is 12.2 Å². The molecule has 2 aromatic rings. The Morgan fingerprint density at radius 3 is 1.87 bits per heavy atom. The fourth-order valence-electron chi connectivity index (χ4n) is 4.15. The van der Waals surface area contributed by atoms with Crippen molar-refractivity contribution in [3.05, 3.63) is 107 Å². The summed E-state index contributed by atoms with van der Waals surface area (Å²) in [6, 6.07) is 17.1. The molecule has 1 N–H and O–H groups in total. The maximum absolute atomic E-state index is 5.83. The Labute approximate surface area is 237 Å². The highest BCUT2D eigenvalue weighted by atomic mass is 16.5. The van der Waals surface area contributed by atoms with Gasteiger partial charge in [-0.2, -0.15) is 0 Å². The van der Waals surface area contributed by atoms with Gasteiger partial charge in [-0.15, -0.1) is 0 Å². The molecule has 0 saturated carbocycles. The third kappa shape index (κ3) is 10.6. The lowest BCUT2D eigenvalue weighted by Crippen LogP contribution is -2.25. The summed E-state index contributed by atoms with van der Waals surface area (Å²) in [5, 5.41) is 3.14. The third-order valence-corrected chi connectivity index (χ3v) is 6.73. The Balaban J connectivity index is 2.29. The lowest BCUT2D eigenvalue weighted by Gasteiger charge is -2.24. The molecule has 0 spiro atoms. The van der Waals surface area contributed by atoms with E-state index in [-0.39, 0.29) is 0 Å².